The van der Waals surface area contributed by atoms with E-state index in [-0.39, 0.29) is 11.5 Å². The smallest absolute Gasteiger partial charge is 0.251 e. The Morgan fingerprint density at radius 1 is 1.23 bits per heavy atom. The molecule has 1 aromatic heterocycles. The van der Waals surface area contributed by atoms with E-state index in [9.17, 15) is 9.59 Å². The highest BCUT2D eigenvalue weighted by Crippen LogP contribution is 2.38. The van der Waals surface area contributed by atoms with E-state index >= 15 is 0 Å². The monoisotopic (exact) mass is 368 g/mol. The average molecular weight is 369 g/mol. The predicted molar refractivity (Wildman–Crippen MR) is 108 cm³/mol. The zero-order valence-corrected chi connectivity index (χ0v) is 16.0. The van der Waals surface area contributed by atoms with Crippen molar-refractivity contribution < 1.29 is 4.79 Å². The third-order valence-electron chi connectivity index (χ3n) is 4.52. The van der Waals surface area contributed by atoms with Crippen LogP contribution >= 0.6 is 11.8 Å². The molecule has 0 radical (unpaired) electrons. The highest BCUT2D eigenvalue weighted by atomic mass is 32.2. The molecule has 0 spiro atoms. The number of aromatic amines is 1. The van der Waals surface area contributed by atoms with E-state index in [4.69, 9.17) is 0 Å². The molecule has 1 aliphatic rings. The van der Waals surface area contributed by atoms with E-state index in [1.54, 1.807) is 11.8 Å². The summed E-state index contributed by atoms with van der Waals surface area (Å²) >= 11 is 1.70. The number of hydrogen-bond acceptors (Lipinski definition) is 3. The summed E-state index contributed by atoms with van der Waals surface area (Å²) in [5, 5.41) is 2.81. The minimum Gasteiger partial charge on any atom is -0.356 e. The molecule has 4 nitrogen and oxygen atoms in total. The van der Waals surface area contributed by atoms with Crippen molar-refractivity contribution in [3.63, 3.8) is 0 Å². The molecule has 1 amide bonds. The molecule has 0 saturated heterocycles. The van der Waals surface area contributed by atoms with Crippen molar-refractivity contribution in [1.82, 2.24) is 10.3 Å². The van der Waals surface area contributed by atoms with Gasteiger partial charge < -0.3 is 10.3 Å². The number of benzene rings is 1. The first-order valence-electron chi connectivity index (χ1n) is 8.91. The Bertz CT molecular complexity index is 864. The number of amides is 1. The van der Waals surface area contributed by atoms with Crippen molar-refractivity contribution in [1.29, 1.82) is 0 Å². The summed E-state index contributed by atoms with van der Waals surface area (Å²) in [5.74, 6) is 0.396. The van der Waals surface area contributed by atoms with Crippen LogP contribution in [-0.2, 0) is 4.79 Å². The Morgan fingerprint density at radius 2 is 1.96 bits per heavy atom. The Balaban J connectivity index is 1.90. The average Bonchev–Trinajstić information content (AvgIpc) is 3.47. The van der Waals surface area contributed by atoms with Gasteiger partial charge in [0.15, 0.2) is 0 Å². The first kappa shape index (κ1) is 18.5. The molecule has 3 rings (SSSR count). The first-order chi connectivity index (χ1) is 12.6. The molecular formula is C21H24N2O2S. The van der Waals surface area contributed by atoms with E-state index in [1.165, 1.54) is 11.8 Å². The predicted octanol–water partition coefficient (Wildman–Crippen LogP) is 3.93. The van der Waals surface area contributed by atoms with Gasteiger partial charge in [-0.1, -0.05) is 24.3 Å². The second-order valence-corrected chi connectivity index (χ2v) is 7.43. The van der Waals surface area contributed by atoms with E-state index in [2.05, 4.69) is 40.6 Å². The number of carbonyl (C=O) groups excluding carboxylic acids is 1. The van der Waals surface area contributed by atoms with Gasteiger partial charge in [-0.15, -0.1) is 11.8 Å². The van der Waals surface area contributed by atoms with Gasteiger partial charge in [-0.05, 0) is 55.2 Å². The zero-order chi connectivity index (χ0) is 18.5. The van der Waals surface area contributed by atoms with Crippen molar-refractivity contribution >= 4 is 23.2 Å². The highest BCUT2D eigenvalue weighted by Gasteiger charge is 2.26. The topological polar surface area (TPSA) is 62.0 Å². The van der Waals surface area contributed by atoms with Gasteiger partial charge >= 0.3 is 0 Å². The molecule has 0 atom stereocenters. The second-order valence-electron chi connectivity index (χ2n) is 6.55. The fourth-order valence-corrected chi connectivity index (χ4v) is 3.38. The minimum absolute atomic E-state index is 0.0125. The molecule has 0 aliphatic heterocycles. The van der Waals surface area contributed by atoms with Crippen LogP contribution in [0.1, 0.15) is 48.9 Å². The first-order valence-corrected chi connectivity index (χ1v) is 10.1. The quantitative estimate of drug-likeness (QED) is 0.575. The largest absolute Gasteiger partial charge is 0.356 e. The van der Waals surface area contributed by atoms with E-state index in [0.717, 1.165) is 35.2 Å². The number of H-pyrrole nitrogens is 1. The van der Waals surface area contributed by atoms with Gasteiger partial charge in [-0.3, -0.25) is 9.59 Å². The maximum absolute atomic E-state index is 12.4. The van der Waals surface area contributed by atoms with Crippen LogP contribution < -0.4 is 10.9 Å². The number of aromatic nitrogens is 1. The molecular weight excluding hydrogens is 344 g/mol. The summed E-state index contributed by atoms with van der Waals surface area (Å²) < 4.78 is 0. The van der Waals surface area contributed by atoms with Gasteiger partial charge in [-0.25, -0.2) is 0 Å². The molecule has 1 aliphatic carbocycles. The molecule has 2 aromatic rings. The van der Waals surface area contributed by atoms with Crippen LogP contribution in [0.25, 0.3) is 5.57 Å². The third kappa shape index (κ3) is 4.67. The summed E-state index contributed by atoms with van der Waals surface area (Å²) in [6, 6.07) is 12.3. The van der Waals surface area contributed by atoms with Crippen LogP contribution in [0.5, 0.6) is 0 Å². The van der Waals surface area contributed by atoms with E-state index < -0.39 is 0 Å². The second kappa shape index (κ2) is 8.41. The van der Waals surface area contributed by atoms with Gasteiger partial charge in [0, 0.05) is 35.2 Å². The highest BCUT2D eigenvalue weighted by molar-refractivity contribution is 7.98. The van der Waals surface area contributed by atoms with Gasteiger partial charge in [-0.2, -0.15) is 0 Å². The fraction of sp³-hybridized carbons (Fsp3) is 0.333. The van der Waals surface area contributed by atoms with Crippen molar-refractivity contribution in [3.05, 3.63) is 69.6 Å². The Hall–Kier alpha value is -2.27. The molecule has 2 N–H and O–H groups in total. The summed E-state index contributed by atoms with van der Waals surface area (Å²) in [4.78, 5) is 27.8. The van der Waals surface area contributed by atoms with Crippen LogP contribution in [-0.4, -0.2) is 23.7 Å². The molecule has 0 bridgehead atoms. The lowest BCUT2D eigenvalue weighted by molar-refractivity contribution is -0.118. The lowest BCUT2D eigenvalue weighted by Gasteiger charge is -2.11. The summed E-state index contributed by atoms with van der Waals surface area (Å²) in [7, 11) is 0. The number of rotatable bonds is 7. The molecule has 1 fully saturated rings. The van der Waals surface area contributed by atoms with Gasteiger partial charge in [0.1, 0.15) is 0 Å². The number of carbonyl (C=O) groups is 1. The normalized spacial score (nSPS) is 14.3. The SMILES string of the molecule is CSc1ccc(/C(=C/CCNC(C)=O)c2ccc(C3CC3)c(=O)[nH]2)cc1. The fourth-order valence-electron chi connectivity index (χ4n) is 2.98. The van der Waals surface area contributed by atoms with E-state index in [0.29, 0.717) is 18.9 Å². The van der Waals surface area contributed by atoms with Crippen LogP contribution in [0.3, 0.4) is 0 Å². The molecule has 136 valence electrons. The van der Waals surface area contributed by atoms with Crippen molar-refractivity contribution in [3.8, 4) is 0 Å². The van der Waals surface area contributed by atoms with Crippen molar-refractivity contribution in [2.45, 2.75) is 37.0 Å². The third-order valence-corrected chi connectivity index (χ3v) is 5.26. The molecule has 0 unspecified atom stereocenters. The summed E-state index contributed by atoms with van der Waals surface area (Å²) in [6.45, 7) is 2.09. The number of thioether (sulfide) groups is 1. The van der Waals surface area contributed by atoms with Crippen LogP contribution in [0.2, 0.25) is 0 Å². The van der Waals surface area contributed by atoms with Crippen LogP contribution in [0.15, 0.2) is 52.2 Å². The standard InChI is InChI=1S/C21H24N2O2S/c1-14(24)22-13-3-4-18(15-7-9-17(26-2)10-8-15)20-12-11-19(16-5-6-16)21(25)23-20/h4,7-12,16H,3,5-6,13H2,1-2H3,(H,22,24)(H,23,25)/b18-4-. The molecule has 1 aromatic carbocycles. The number of pyridine rings is 1. The Labute approximate surface area is 158 Å². The van der Waals surface area contributed by atoms with Crippen molar-refractivity contribution in [2.75, 3.05) is 12.8 Å². The maximum atomic E-state index is 12.4. The van der Waals surface area contributed by atoms with Gasteiger partial charge in [0.2, 0.25) is 5.91 Å². The zero-order valence-electron chi connectivity index (χ0n) is 15.2. The lowest BCUT2D eigenvalue weighted by Crippen LogP contribution is -2.20. The van der Waals surface area contributed by atoms with Crippen LogP contribution in [0.4, 0.5) is 0 Å². The summed E-state index contributed by atoms with van der Waals surface area (Å²) in [6.07, 6.45) is 7.04. The lowest BCUT2D eigenvalue weighted by atomic mass is 10.00. The molecule has 1 heterocycles. The number of nitrogens with one attached hydrogen (secondary N) is 2. The maximum Gasteiger partial charge on any atom is 0.251 e. The minimum atomic E-state index is -0.0357. The Morgan fingerprint density at radius 3 is 2.54 bits per heavy atom. The molecule has 26 heavy (non-hydrogen) atoms. The van der Waals surface area contributed by atoms with Gasteiger partial charge in [0.05, 0.1) is 0 Å². The van der Waals surface area contributed by atoms with E-state index in [1.807, 2.05) is 18.4 Å². The molecule has 1 saturated carbocycles. The summed E-state index contributed by atoms with van der Waals surface area (Å²) in [5.41, 5.74) is 3.77. The van der Waals surface area contributed by atoms with Crippen molar-refractivity contribution in [2.24, 2.45) is 0 Å². The van der Waals surface area contributed by atoms with Gasteiger partial charge in [0.25, 0.3) is 5.56 Å². The Kier molecular flexibility index (Phi) is 5.99. The van der Waals surface area contributed by atoms with Crippen LogP contribution in [0, 0.1) is 0 Å². The number of hydrogen-bond donors (Lipinski definition) is 2. The molecule has 5 heteroatoms.